The predicted octanol–water partition coefficient (Wildman–Crippen LogP) is 1.61. The van der Waals surface area contributed by atoms with Crippen LogP contribution in [-0.4, -0.2) is 37.7 Å². The van der Waals surface area contributed by atoms with Crippen molar-refractivity contribution < 1.29 is 4.74 Å². The Morgan fingerprint density at radius 3 is 2.63 bits per heavy atom. The first-order valence-corrected chi connectivity index (χ1v) is 6.84. The average molecular weight is 258 g/mol. The second-order valence-electron chi connectivity index (χ2n) is 4.90. The monoisotopic (exact) mass is 258 g/mol. The van der Waals surface area contributed by atoms with Crippen molar-refractivity contribution >= 4 is 0 Å². The summed E-state index contributed by atoms with van der Waals surface area (Å²) in [5.41, 5.74) is 7.73. The van der Waals surface area contributed by atoms with Crippen molar-refractivity contribution in [3.05, 3.63) is 35.4 Å². The Morgan fingerprint density at radius 2 is 2.05 bits per heavy atom. The zero-order valence-electron chi connectivity index (χ0n) is 11.6. The number of rotatable bonds is 6. The molecule has 0 radical (unpaired) electrons. The van der Waals surface area contributed by atoms with Gasteiger partial charge in [0.2, 0.25) is 0 Å². The number of methoxy groups -OCH3 is 1. The molecule has 0 unspecified atom stereocenters. The normalized spacial score (nSPS) is 14.3. The standard InChI is InChI=1S/C16H22N2O/c1-19-12-11-18(16-8-9-16)13-15-6-4-14(5-7-15)3-2-10-17/h4-7,16H,8-13,17H2,1H3. The highest BCUT2D eigenvalue weighted by atomic mass is 16.5. The minimum atomic E-state index is 0.411. The Labute approximate surface area is 115 Å². The Kier molecular flexibility index (Phi) is 5.41. The van der Waals surface area contributed by atoms with E-state index in [-0.39, 0.29) is 0 Å². The van der Waals surface area contributed by atoms with Crippen LogP contribution in [0.3, 0.4) is 0 Å². The topological polar surface area (TPSA) is 38.5 Å². The number of nitrogens with two attached hydrogens (primary N) is 1. The Hall–Kier alpha value is -1.34. The van der Waals surface area contributed by atoms with Crippen LogP contribution in [0.15, 0.2) is 24.3 Å². The van der Waals surface area contributed by atoms with E-state index >= 15 is 0 Å². The number of ether oxygens (including phenoxy) is 1. The highest BCUT2D eigenvalue weighted by molar-refractivity contribution is 5.36. The second-order valence-corrected chi connectivity index (χ2v) is 4.90. The van der Waals surface area contributed by atoms with Gasteiger partial charge in [0.25, 0.3) is 0 Å². The molecule has 2 N–H and O–H groups in total. The lowest BCUT2D eigenvalue weighted by molar-refractivity contribution is 0.139. The van der Waals surface area contributed by atoms with Crippen molar-refractivity contribution in [1.82, 2.24) is 4.90 Å². The fourth-order valence-corrected chi connectivity index (χ4v) is 2.12. The zero-order chi connectivity index (χ0) is 13.5. The quantitative estimate of drug-likeness (QED) is 0.788. The zero-order valence-corrected chi connectivity index (χ0v) is 11.6. The van der Waals surface area contributed by atoms with Gasteiger partial charge in [-0.2, -0.15) is 0 Å². The Balaban J connectivity index is 1.93. The molecule has 0 spiro atoms. The smallest absolute Gasteiger partial charge is 0.0589 e. The minimum absolute atomic E-state index is 0.411. The van der Waals surface area contributed by atoms with Crippen LogP contribution in [0.4, 0.5) is 0 Å². The number of hydrogen-bond donors (Lipinski definition) is 1. The van der Waals surface area contributed by atoms with Gasteiger partial charge in [-0.3, -0.25) is 4.90 Å². The Bertz CT molecular complexity index is 440. The predicted molar refractivity (Wildman–Crippen MR) is 77.7 cm³/mol. The molecule has 102 valence electrons. The summed E-state index contributed by atoms with van der Waals surface area (Å²) in [4.78, 5) is 2.50. The lowest BCUT2D eigenvalue weighted by Gasteiger charge is -2.21. The second kappa shape index (κ2) is 7.30. The first-order valence-electron chi connectivity index (χ1n) is 6.84. The van der Waals surface area contributed by atoms with Gasteiger partial charge in [0.15, 0.2) is 0 Å². The van der Waals surface area contributed by atoms with Gasteiger partial charge >= 0.3 is 0 Å². The molecular formula is C16H22N2O. The maximum atomic E-state index is 5.37. The number of hydrogen-bond acceptors (Lipinski definition) is 3. The molecule has 1 fully saturated rings. The van der Waals surface area contributed by atoms with Crippen molar-refractivity contribution in [3.8, 4) is 11.8 Å². The summed E-state index contributed by atoms with van der Waals surface area (Å²) < 4.78 is 5.18. The molecule has 0 saturated heterocycles. The van der Waals surface area contributed by atoms with Crippen LogP contribution >= 0.6 is 0 Å². The molecule has 3 heteroatoms. The van der Waals surface area contributed by atoms with Crippen molar-refractivity contribution in [2.75, 3.05) is 26.8 Å². The summed E-state index contributed by atoms with van der Waals surface area (Å²) in [5.74, 6) is 5.92. The summed E-state index contributed by atoms with van der Waals surface area (Å²) in [6.07, 6.45) is 2.65. The van der Waals surface area contributed by atoms with Crippen LogP contribution in [0, 0.1) is 11.8 Å². The van der Waals surface area contributed by atoms with Gasteiger partial charge in [-0.05, 0) is 30.5 Å². The van der Waals surface area contributed by atoms with E-state index in [0.29, 0.717) is 6.54 Å². The molecule has 1 aromatic rings. The lowest BCUT2D eigenvalue weighted by Crippen LogP contribution is -2.29. The van der Waals surface area contributed by atoms with Crippen molar-refractivity contribution in [3.63, 3.8) is 0 Å². The first-order chi connectivity index (χ1) is 9.33. The van der Waals surface area contributed by atoms with Gasteiger partial charge in [0, 0.05) is 31.8 Å². The maximum absolute atomic E-state index is 5.37. The van der Waals surface area contributed by atoms with E-state index in [1.165, 1.54) is 18.4 Å². The molecule has 0 bridgehead atoms. The largest absolute Gasteiger partial charge is 0.383 e. The van der Waals surface area contributed by atoms with Gasteiger partial charge in [-0.1, -0.05) is 24.0 Å². The van der Waals surface area contributed by atoms with Crippen LogP contribution in [0.1, 0.15) is 24.0 Å². The molecular weight excluding hydrogens is 236 g/mol. The molecule has 0 heterocycles. The van der Waals surface area contributed by atoms with Crippen molar-refractivity contribution in [2.45, 2.75) is 25.4 Å². The van der Waals surface area contributed by atoms with Crippen LogP contribution in [0.25, 0.3) is 0 Å². The minimum Gasteiger partial charge on any atom is -0.383 e. The summed E-state index contributed by atoms with van der Waals surface area (Å²) in [7, 11) is 1.76. The van der Waals surface area contributed by atoms with Gasteiger partial charge in [0.05, 0.1) is 13.2 Å². The third kappa shape index (κ3) is 4.68. The van der Waals surface area contributed by atoms with Crippen molar-refractivity contribution in [2.24, 2.45) is 5.73 Å². The molecule has 3 nitrogen and oxygen atoms in total. The van der Waals surface area contributed by atoms with Gasteiger partial charge in [-0.15, -0.1) is 0 Å². The molecule has 0 aromatic heterocycles. The van der Waals surface area contributed by atoms with Gasteiger partial charge in [0.1, 0.15) is 0 Å². The molecule has 1 aliphatic rings. The Morgan fingerprint density at radius 1 is 1.32 bits per heavy atom. The summed E-state index contributed by atoms with van der Waals surface area (Å²) in [5, 5.41) is 0. The van der Waals surface area contributed by atoms with Gasteiger partial charge in [-0.25, -0.2) is 0 Å². The fourth-order valence-electron chi connectivity index (χ4n) is 2.12. The summed E-state index contributed by atoms with van der Waals surface area (Å²) in [6.45, 7) is 3.22. The average Bonchev–Trinajstić information content (AvgIpc) is 3.27. The van der Waals surface area contributed by atoms with Gasteiger partial charge < -0.3 is 10.5 Å². The van der Waals surface area contributed by atoms with E-state index in [1.807, 2.05) is 0 Å². The molecule has 1 saturated carbocycles. The highest BCUT2D eigenvalue weighted by Crippen LogP contribution is 2.28. The number of benzene rings is 1. The van der Waals surface area contributed by atoms with Crippen LogP contribution in [0.2, 0.25) is 0 Å². The molecule has 2 rings (SSSR count). The third-order valence-electron chi connectivity index (χ3n) is 3.32. The third-order valence-corrected chi connectivity index (χ3v) is 3.32. The summed E-state index contributed by atoms with van der Waals surface area (Å²) in [6, 6.07) is 9.20. The van der Waals surface area contributed by atoms with E-state index < -0.39 is 0 Å². The van der Waals surface area contributed by atoms with E-state index in [2.05, 4.69) is 41.0 Å². The van der Waals surface area contributed by atoms with E-state index in [1.54, 1.807) is 7.11 Å². The van der Waals surface area contributed by atoms with E-state index in [0.717, 1.165) is 31.3 Å². The molecule has 0 atom stereocenters. The van der Waals surface area contributed by atoms with Crippen molar-refractivity contribution in [1.29, 1.82) is 0 Å². The maximum Gasteiger partial charge on any atom is 0.0589 e. The molecule has 0 amide bonds. The summed E-state index contributed by atoms with van der Waals surface area (Å²) >= 11 is 0. The highest BCUT2D eigenvalue weighted by Gasteiger charge is 2.28. The molecule has 19 heavy (non-hydrogen) atoms. The number of nitrogens with zero attached hydrogens (tertiary/aromatic N) is 1. The van der Waals surface area contributed by atoms with E-state index in [4.69, 9.17) is 10.5 Å². The lowest BCUT2D eigenvalue weighted by atomic mass is 10.1. The molecule has 0 aliphatic heterocycles. The van der Waals surface area contributed by atoms with Crippen LogP contribution in [-0.2, 0) is 11.3 Å². The van der Waals surface area contributed by atoms with Crippen LogP contribution < -0.4 is 5.73 Å². The molecule has 1 aromatic carbocycles. The van der Waals surface area contributed by atoms with E-state index in [9.17, 15) is 0 Å². The van der Waals surface area contributed by atoms with Crippen LogP contribution in [0.5, 0.6) is 0 Å². The SMILES string of the molecule is COCCN(Cc1ccc(C#CCN)cc1)C1CC1. The molecule has 1 aliphatic carbocycles. The first kappa shape index (κ1) is 14.1. The fraction of sp³-hybridized carbons (Fsp3) is 0.500.